The van der Waals surface area contributed by atoms with Gasteiger partial charge in [-0.05, 0) is 53.6 Å². The second kappa shape index (κ2) is 11.0. The van der Waals surface area contributed by atoms with Crippen LogP contribution in [0.2, 0.25) is 0 Å². The van der Waals surface area contributed by atoms with Crippen molar-refractivity contribution in [3.05, 3.63) is 0 Å². The monoisotopic (exact) mass is 300 g/mol. The van der Waals surface area contributed by atoms with Gasteiger partial charge in [0.25, 0.3) is 0 Å². The predicted molar refractivity (Wildman–Crippen MR) is 89.6 cm³/mol. The fourth-order valence-corrected chi connectivity index (χ4v) is 2.58. The average molecular weight is 300 g/mol. The van der Waals surface area contributed by atoms with Crippen LogP contribution in [-0.4, -0.2) is 48.7 Å². The van der Waals surface area contributed by atoms with Crippen LogP contribution in [0.4, 0.5) is 0 Å². The van der Waals surface area contributed by atoms with Crippen LogP contribution in [0.15, 0.2) is 0 Å². The van der Waals surface area contributed by atoms with E-state index in [0.29, 0.717) is 13.2 Å². The molecule has 4 heteroatoms. The first-order chi connectivity index (χ1) is 9.89. The van der Waals surface area contributed by atoms with Gasteiger partial charge in [0.15, 0.2) is 0 Å². The van der Waals surface area contributed by atoms with Gasteiger partial charge in [0.2, 0.25) is 0 Å². The molecule has 0 aliphatic rings. The highest BCUT2D eigenvalue weighted by Crippen LogP contribution is 2.13. The Hall–Kier alpha value is -0.610. The van der Waals surface area contributed by atoms with Crippen LogP contribution in [0.25, 0.3) is 0 Å². The molecule has 0 saturated heterocycles. The molecular weight excluding hydrogens is 264 g/mol. The Morgan fingerprint density at radius 2 is 1.67 bits per heavy atom. The topological polar surface area (TPSA) is 41.6 Å². The third-order valence-corrected chi connectivity index (χ3v) is 3.53. The van der Waals surface area contributed by atoms with Gasteiger partial charge in [0.1, 0.15) is 5.54 Å². The van der Waals surface area contributed by atoms with E-state index >= 15 is 0 Å². The van der Waals surface area contributed by atoms with E-state index in [-0.39, 0.29) is 12.0 Å². The highest BCUT2D eigenvalue weighted by atomic mass is 16.5. The summed E-state index contributed by atoms with van der Waals surface area (Å²) in [4.78, 5) is 14.8. The van der Waals surface area contributed by atoms with Crippen LogP contribution in [0, 0.1) is 0 Å². The van der Waals surface area contributed by atoms with E-state index in [2.05, 4.69) is 37.9 Å². The van der Waals surface area contributed by atoms with Crippen molar-refractivity contribution in [3.63, 3.8) is 0 Å². The number of hydrogen-bond acceptors (Lipinski definition) is 4. The minimum absolute atomic E-state index is 0.142. The highest BCUT2D eigenvalue weighted by molar-refractivity contribution is 5.80. The number of nitrogens with zero attached hydrogens (tertiary/aromatic N) is 1. The number of carbonyl (C=O) groups is 1. The number of rotatable bonds is 12. The van der Waals surface area contributed by atoms with Crippen LogP contribution >= 0.6 is 0 Å². The number of nitrogens with one attached hydrogen (secondary N) is 1. The molecule has 0 aromatic rings. The lowest BCUT2D eigenvalue weighted by Crippen LogP contribution is -2.59. The molecule has 4 nitrogen and oxygen atoms in total. The van der Waals surface area contributed by atoms with Gasteiger partial charge in [-0.1, -0.05) is 26.7 Å². The van der Waals surface area contributed by atoms with Gasteiger partial charge in [0.05, 0.1) is 6.61 Å². The van der Waals surface area contributed by atoms with Crippen LogP contribution in [-0.2, 0) is 9.53 Å². The Bertz CT molecular complexity index is 274. The normalized spacial score (nSPS) is 14.5. The molecule has 0 saturated carbocycles. The summed E-state index contributed by atoms with van der Waals surface area (Å²) in [5, 5.41) is 3.41. The molecule has 0 aliphatic heterocycles. The van der Waals surface area contributed by atoms with E-state index in [1.807, 2.05) is 13.8 Å². The predicted octanol–water partition coefficient (Wildman–Crippen LogP) is 3.21. The van der Waals surface area contributed by atoms with Gasteiger partial charge >= 0.3 is 5.97 Å². The van der Waals surface area contributed by atoms with Crippen molar-refractivity contribution >= 4 is 5.97 Å². The zero-order chi connectivity index (χ0) is 16.3. The molecule has 0 fully saturated rings. The molecule has 0 spiro atoms. The van der Waals surface area contributed by atoms with Crippen molar-refractivity contribution in [3.8, 4) is 0 Å². The lowest BCUT2D eigenvalue weighted by atomic mass is 9.99. The summed E-state index contributed by atoms with van der Waals surface area (Å²) in [5.74, 6) is -0.142. The number of unbranched alkanes of at least 4 members (excludes halogenated alkanes) is 2. The van der Waals surface area contributed by atoms with Gasteiger partial charge in [-0.25, -0.2) is 0 Å². The standard InChI is InChI=1S/C17H36N2O2/c1-7-10-12-19(13-11-8-2)14-17(6,18-15(4)5)16(20)21-9-3/h15,18H,7-14H2,1-6H3. The van der Waals surface area contributed by atoms with E-state index in [1.165, 1.54) is 25.7 Å². The van der Waals surface area contributed by atoms with Crippen LogP contribution in [0.5, 0.6) is 0 Å². The van der Waals surface area contributed by atoms with Crippen molar-refractivity contribution < 1.29 is 9.53 Å². The minimum atomic E-state index is -0.633. The van der Waals surface area contributed by atoms with Crippen molar-refractivity contribution in [2.75, 3.05) is 26.2 Å². The summed E-state index contributed by atoms with van der Waals surface area (Å²) >= 11 is 0. The van der Waals surface area contributed by atoms with E-state index in [0.717, 1.165) is 13.1 Å². The molecule has 0 bridgehead atoms. The Labute approximate surface area is 131 Å². The second-order valence-corrected chi connectivity index (χ2v) is 6.33. The van der Waals surface area contributed by atoms with Gasteiger partial charge in [0, 0.05) is 12.6 Å². The number of carbonyl (C=O) groups excluding carboxylic acids is 1. The first kappa shape index (κ1) is 20.4. The zero-order valence-corrected chi connectivity index (χ0v) is 15.0. The molecule has 0 aliphatic carbocycles. The molecular formula is C17H36N2O2. The minimum Gasteiger partial charge on any atom is -0.465 e. The molecule has 126 valence electrons. The molecule has 1 N–H and O–H groups in total. The number of ether oxygens (including phenoxy) is 1. The molecule has 1 unspecified atom stereocenters. The third kappa shape index (κ3) is 8.42. The van der Waals surface area contributed by atoms with Gasteiger partial charge in [-0.3, -0.25) is 10.1 Å². The SMILES string of the molecule is CCCCN(CCCC)CC(C)(NC(C)C)C(=O)OCC. The maximum absolute atomic E-state index is 12.4. The summed E-state index contributed by atoms with van der Waals surface area (Å²) in [5.41, 5.74) is -0.633. The van der Waals surface area contributed by atoms with Crippen LogP contribution in [0.3, 0.4) is 0 Å². The summed E-state index contributed by atoms with van der Waals surface area (Å²) in [6, 6.07) is 0.249. The largest absolute Gasteiger partial charge is 0.465 e. The average Bonchev–Trinajstić information content (AvgIpc) is 2.41. The summed E-state index contributed by atoms with van der Waals surface area (Å²) < 4.78 is 5.29. The van der Waals surface area contributed by atoms with E-state index in [9.17, 15) is 4.79 Å². The summed E-state index contributed by atoms with van der Waals surface area (Å²) in [6.45, 7) is 15.6. The van der Waals surface area contributed by atoms with Crippen molar-refractivity contribution in [2.45, 2.75) is 78.8 Å². The first-order valence-electron chi connectivity index (χ1n) is 8.56. The van der Waals surface area contributed by atoms with Gasteiger partial charge < -0.3 is 9.64 Å². The molecule has 0 aromatic heterocycles. The summed E-state index contributed by atoms with van der Waals surface area (Å²) in [7, 11) is 0. The van der Waals surface area contributed by atoms with Crippen molar-refractivity contribution in [1.82, 2.24) is 10.2 Å². The number of hydrogen-bond donors (Lipinski definition) is 1. The third-order valence-electron chi connectivity index (χ3n) is 3.53. The van der Waals surface area contributed by atoms with Crippen molar-refractivity contribution in [1.29, 1.82) is 0 Å². The molecule has 0 radical (unpaired) electrons. The van der Waals surface area contributed by atoms with Crippen LogP contribution in [0.1, 0.15) is 67.2 Å². The number of esters is 1. The van der Waals surface area contributed by atoms with E-state index in [4.69, 9.17) is 4.74 Å². The Balaban J connectivity index is 4.87. The lowest BCUT2D eigenvalue weighted by Gasteiger charge is -2.36. The van der Waals surface area contributed by atoms with Crippen LogP contribution < -0.4 is 5.32 Å². The fraction of sp³-hybridized carbons (Fsp3) is 0.941. The quantitative estimate of drug-likeness (QED) is 0.562. The zero-order valence-electron chi connectivity index (χ0n) is 15.0. The Kier molecular flexibility index (Phi) is 10.7. The Morgan fingerprint density at radius 1 is 1.14 bits per heavy atom. The van der Waals surface area contributed by atoms with Gasteiger partial charge in [-0.2, -0.15) is 0 Å². The first-order valence-corrected chi connectivity index (χ1v) is 8.56. The van der Waals surface area contributed by atoms with Gasteiger partial charge in [-0.15, -0.1) is 0 Å². The molecule has 1 atom stereocenters. The molecule has 0 heterocycles. The fourth-order valence-electron chi connectivity index (χ4n) is 2.58. The smallest absolute Gasteiger partial charge is 0.327 e. The lowest BCUT2D eigenvalue weighted by molar-refractivity contribution is -0.151. The maximum Gasteiger partial charge on any atom is 0.327 e. The molecule has 0 amide bonds. The van der Waals surface area contributed by atoms with E-state index in [1.54, 1.807) is 0 Å². The van der Waals surface area contributed by atoms with Crippen molar-refractivity contribution in [2.24, 2.45) is 0 Å². The maximum atomic E-state index is 12.4. The Morgan fingerprint density at radius 3 is 2.05 bits per heavy atom. The second-order valence-electron chi connectivity index (χ2n) is 6.33. The molecule has 0 rings (SSSR count). The molecule has 21 heavy (non-hydrogen) atoms. The summed E-state index contributed by atoms with van der Waals surface area (Å²) in [6.07, 6.45) is 4.70. The molecule has 0 aromatic carbocycles. The van der Waals surface area contributed by atoms with E-state index < -0.39 is 5.54 Å². The highest BCUT2D eigenvalue weighted by Gasteiger charge is 2.36.